The van der Waals surface area contributed by atoms with Crippen LogP contribution in [0, 0.1) is 5.41 Å². The number of rotatable bonds is 7. The van der Waals surface area contributed by atoms with Gasteiger partial charge in [-0.2, -0.15) is 0 Å². The van der Waals surface area contributed by atoms with E-state index in [4.69, 9.17) is 9.47 Å². The van der Waals surface area contributed by atoms with E-state index in [1.807, 2.05) is 43.9 Å². The minimum absolute atomic E-state index is 0.109. The molecule has 2 fully saturated rings. The highest BCUT2D eigenvalue weighted by Crippen LogP contribution is 2.52. The van der Waals surface area contributed by atoms with E-state index in [0.717, 1.165) is 51.9 Å². The second-order valence-corrected chi connectivity index (χ2v) is 11.9. The van der Waals surface area contributed by atoms with Crippen molar-refractivity contribution < 1.29 is 19.1 Å². The molecule has 1 heterocycles. The van der Waals surface area contributed by atoms with Gasteiger partial charge < -0.3 is 14.4 Å². The van der Waals surface area contributed by atoms with Crippen LogP contribution in [-0.2, 0) is 22.4 Å². The fraction of sp³-hybridized carbons (Fsp3) is 0.533. The summed E-state index contributed by atoms with van der Waals surface area (Å²) in [6, 6.07) is 16.6. The van der Waals surface area contributed by atoms with Crippen molar-refractivity contribution in [2.75, 3.05) is 26.7 Å². The molecule has 192 valence electrons. The first-order chi connectivity index (χ1) is 17.2. The molecule has 2 aromatic carbocycles. The number of fused-ring (bicyclic) bond motifs is 1. The van der Waals surface area contributed by atoms with E-state index in [1.54, 1.807) is 0 Å². The maximum atomic E-state index is 13.4. The van der Waals surface area contributed by atoms with Crippen LogP contribution in [0.3, 0.4) is 0 Å². The Hall–Kier alpha value is -2.86. The van der Waals surface area contributed by atoms with Gasteiger partial charge in [-0.05, 0) is 75.3 Å². The molecule has 1 amide bonds. The molecule has 6 heteroatoms. The molecular weight excluding hydrogens is 452 g/mol. The van der Waals surface area contributed by atoms with Crippen molar-refractivity contribution in [3.63, 3.8) is 0 Å². The van der Waals surface area contributed by atoms with E-state index in [1.165, 1.54) is 23.8 Å². The molecule has 2 atom stereocenters. The Morgan fingerprint density at radius 1 is 1.08 bits per heavy atom. The van der Waals surface area contributed by atoms with Gasteiger partial charge in [0, 0.05) is 43.6 Å². The molecule has 5 rings (SSSR count). The predicted octanol–water partition coefficient (Wildman–Crippen LogP) is 5.40. The third-order valence-electron chi connectivity index (χ3n) is 7.75. The summed E-state index contributed by atoms with van der Waals surface area (Å²) in [6.07, 6.45) is 4.03. The monoisotopic (exact) mass is 490 g/mol. The topological polar surface area (TPSA) is 59.1 Å². The number of amides is 1. The lowest BCUT2D eigenvalue weighted by molar-refractivity contribution is 0.0168. The third-order valence-corrected chi connectivity index (χ3v) is 7.75. The van der Waals surface area contributed by atoms with E-state index >= 15 is 0 Å². The number of nitrogens with zero attached hydrogens (tertiary/aromatic N) is 2. The number of benzene rings is 2. The zero-order valence-corrected chi connectivity index (χ0v) is 22.0. The summed E-state index contributed by atoms with van der Waals surface area (Å²) in [6.45, 7) is 9.32. The van der Waals surface area contributed by atoms with Crippen LogP contribution in [0.4, 0.5) is 4.79 Å². The van der Waals surface area contributed by atoms with Crippen molar-refractivity contribution in [3.05, 3.63) is 70.8 Å². The maximum absolute atomic E-state index is 13.4. The van der Waals surface area contributed by atoms with Crippen molar-refractivity contribution >= 4 is 12.1 Å². The normalized spacial score (nSPS) is 22.3. The van der Waals surface area contributed by atoms with Gasteiger partial charge in [0.25, 0.3) is 0 Å². The van der Waals surface area contributed by atoms with Gasteiger partial charge in [0.1, 0.15) is 5.60 Å². The Kier molecular flexibility index (Phi) is 6.58. The summed E-state index contributed by atoms with van der Waals surface area (Å²) in [5.41, 5.74) is 4.01. The van der Waals surface area contributed by atoms with E-state index in [-0.39, 0.29) is 23.5 Å². The van der Waals surface area contributed by atoms with Crippen LogP contribution in [0.25, 0.3) is 0 Å². The Bertz CT molecular complexity index is 1120. The minimum Gasteiger partial charge on any atom is -0.465 e. The van der Waals surface area contributed by atoms with Gasteiger partial charge in [-0.1, -0.05) is 36.4 Å². The first-order valence-electron chi connectivity index (χ1n) is 13.1. The summed E-state index contributed by atoms with van der Waals surface area (Å²) in [5.74, 6) is 0.0899. The minimum atomic E-state index is -0.517. The van der Waals surface area contributed by atoms with Gasteiger partial charge in [0.05, 0.1) is 12.7 Å². The van der Waals surface area contributed by atoms with Gasteiger partial charge in [0.15, 0.2) is 0 Å². The van der Waals surface area contributed by atoms with Crippen LogP contribution in [0.5, 0.6) is 0 Å². The fourth-order valence-electron chi connectivity index (χ4n) is 5.60. The van der Waals surface area contributed by atoms with Gasteiger partial charge in [-0.25, -0.2) is 9.59 Å². The summed E-state index contributed by atoms with van der Waals surface area (Å²) in [4.78, 5) is 29.9. The average molecular weight is 491 g/mol. The summed E-state index contributed by atoms with van der Waals surface area (Å²) in [7, 11) is 1.42. The van der Waals surface area contributed by atoms with Crippen molar-refractivity contribution in [1.29, 1.82) is 0 Å². The number of hydrogen-bond donors (Lipinski definition) is 0. The van der Waals surface area contributed by atoms with Crippen molar-refractivity contribution in [3.8, 4) is 0 Å². The molecule has 0 bridgehead atoms. The molecule has 2 unspecified atom stereocenters. The summed E-state index contributed by atoms with van der Waals surface area (Å²) in [5, 5.41) is 0. The first-order valence-corrected chi connectivity index (χ1v) is 13.1. The van der Waals surface area contributed by atoms with Crippen LogP contribution in [0.15, 0.2) is 48.5 Å². The molecular formula is C30H38N2O4. The van der Waals surface area contributed by atoms with Gasteiger partial charge in [0.2, 0.25) is 0 Å². The smallest absolute Gasteiger partial charge is 0.410 e. The molecule has 2 saturated carbocycles. The molecule has 0 saturated heterocycles. The molecule has 36 heavy (non-hydrogen) atoms. The second kappa shape index (κ2) is 9.55. The highest BCUT2D eigenvalue weighted by Gasteiger charge is 2.52. The highest BCUT2D eigenvalue weighted by molar-refractivity contribution is 5.89. The van der Waals surface area contributed by atoms with Gasteiger partial charge in [-0.15, -0.1) is 0 Å². The van der Waals surface area contributed by atoms with Crippen molar-refractivity contribution in [1.82, 2.24) is 9.80 Å². The fourth-order valence-corrected chi connectivity index (χ4v) is 5.60. The molecule has 2 aliphatic carbocycles. The summed E-state index contributed by atoms with van der Waals surface area (Å²) < 4.78 is 10.8. The Balaban J connectivity index is 1.28. The zero-order chi connectivity index (χ0) is 25.5. The largest absolute Gasteiger partial charge is 0.465 e. The number of ether oxygens (including phenoxy) is 2. The number of hydrogen-bond acceptors (Lipinski definition) is 5. The molecule has 6 nitrogen and oxygen atoms in total. The lowest BCUT2D eigenvalue weighted by Gasteiger charge is -2.35. The molecule has 0 spiro atoms. The summed E-state index contributed by atoms with van der Waals surface area (Å²) >= 11 is 0. The van der Waals surface area contributed by atoms with E-state index < -0.39 is 5.60 Å². The number of carbonyl (C=O) groups excluding carboxylic acids is 2. The first kappa shape index (κ1) is 24.8. The van der Waals surface area contributed by atoms with E-state index in [2.05, 4.69) is 35.2 Å². The molecule has 2 aromatic rings. The van der Waals surface area contributed by atoms with Crippen LogP contribution in [0.2, 0.25) is 0 Å². The predicted molar refractivity (Wildman–Crippen MR) is 139 cm³/mol. The molecule has 1 aliphatic heterocycles. The van der Waals surface area contributed by atoms with E-state index in [9.17, 15) is 9.59 Å². The van der Waals surface area contributed by atoms with Gasteiger partial charge in [-0.3, -0.25) is 4.90 Å². The quantitative estimate of drug-likeness (QED) is 0.486. The maximum Gasteiger partial charge on any atom is 0.410 e. The lowest BCUT2D eigenvalue weighted by atomic mass is 9.95. The standard InChI is InChI=1S/C30H38N2O4/c1-29(2,3)36-28(34)32(26-17-25(26)22-8-6-5-7-9-22)20-30(13-14-30)19-31-15-12-21-10-11-23(27(33)35-4)16-24(21)18-31/h5-11,16,25-26H,12-15,17-20H2,1-4H3. The Morgan fingerprint density at radius 3 is 2.50 bits per heavy atom. The molecule has 0 N–H and O–H groups in total. The van der Waals surface area contributed by atoms with Crippen LogP contribution in [0.1, 0.15) is 73.0 Å². The van der Waals surface area contributed by atoms with Crippen LogP contribution in [-0.4, -0.2) is 60.2 Å². The lowest BCUT2D eigenvalue weighted by Crippen LogP contribution is -2.45. The second-order valence-electron chi connectivity index (χ2n) is 11.9. The SMILES string of the molecule is COC(=O)c1ccc2c(c1)CN(CC1(CN(C(=O)OC(C)(C)C)C3CC3c3ccccc3)CC1)CC2. The molecule has 0 radical (unpaired) electrons. The van der Waals surface area contributed by atoms with Crippen molar-refractivity contribution in [2.24, 2.45) is 5.41 Å². The highest BCUT2D eigenvalue weighted by atomic mass is 16.6. The van der Waals surface area contributed by atoms with E-state index in [0.29, 0.717) is 11.5 Å². The zero-order valence-electron chi connectivity index (χ0n) is 22.0. The molecule has 3 aliphatic rings. The van der Waals surface area contributed by atoms with Crippen LogP contribution >= 0.6 is 0 Å². The Morgan fingerprint density at radius 2 is 1.83 bits per heavy atom. The number of carbonyl (C=O) groups is 2. The molecule has 0 aromatic heterocycles. The van der Waals surface area contributed by atoms with Gasteiger partial charge >= 0.3 is 12.1 Å². The third kappa shape index (κ3) is 5.59. The average Bonchev–Trinajstić information content (AvgIpc) is 3.77. The number of methoxy groups -OCH3 is 1. The number of esters is 1. The Labute approximate surface area is 214 Å². The van der Waals surface area contributed by atoms with Crippen LogP contribution < -0.4 is 0 Å². The van der Waals surface area contributed by atoms with Crippen molar-refractivity contribution in [2.45, 2.75) is 70.6 Å².